The molecule has 1 amide bonds. The summed E-state index contributed by atoms with van der Waals surface area (Å²) in [4.78, 5) is 10.1. The maximum Gasteiger partial charge on any atom is 0.207 e. The molecule has 1 atom stereocenters. The number of carbonyl (C=O) groups is 1. The Bertz CT molecular complexity index is 1030. The Labute approximate surface area is 323 Å². The number of amidine groups is 1. The van der Waals surface area contributed by atoms with Crippen LogP contribution in [0.25, 0.3) is 0 Å². The van der Waals surface area contributed by atoms with Crippen LogP contribution in [0.3, 0.4) is 0 Å². The fourth-order valence-electron chi connectivity index (χ4n) is 3.65. The first-order valence-electron chi connectivity index (χ1n) is 19.0. The molecule has 0 fully saturated rings. The lowest BCUT2D eigenvalue weighted by molar-refractivity contribution is -0.109. The zero-order valence-corrected chi connectivity index (χ0v) is 36.3. The van der Waals surface area contributed by atoms with Gasteiger partial charge in [-0.2, -0.15) is 0 Å². The van der Waals surface area contributed by atoms with Gasteiger partial charge in [-0.1, -0.05) is 128 Å². The highest BCUT2D eigenvalue weighted by Gasteiger charge is 2.00. The summed E-state index contributed by atoms with van der Waals surface area (Å²) in [5.41, 5.74) is 15.1. The summed E-state index contributed by atoms with van der Waals surface area (Å²) in [7, 11) is 6.69. The number of amides is 1. The first-order valence-corrected chi connectivity index (χ1v) is 19.9. The molecule has 0 saturated heterocycles. The summed E-state index contributed by atoms with van der Waals surface area (Å²) >= 11 is 5.64. The first kappa shape index (κ1) is 57.6. The van der Waals surface area contributed by atoms with Gasteiger partial charge in [0.05, 0.1) is 5.84 Å². The molecule has 0 aliphatic rings. The molecule has 296 valence electrons. The fourth-order valence-corrected chi connectivity index (χ4v) is 3.99. The second kappa shape index (κ2) is 49.4. The maximum absolute atomic E-state index is 10.1. The van der Waals surface area contributed by atoms with E-state index in [9.17, 15) is 4.79 Å². The third-order valence-electron chi connectivity index (χ3n) is 6.57. The van der Waals surface area contributed by atoms with E-state index in [0.29, 0.717) is 12.5 Å². The monoisotopic (exact) mass is 751 g/mol. The Hall–Kier alpha value is -2.70. The van der Waals surface area contributed by atoms with Crippen molar-refractivity contribution in [1.82, 2.24) is 16.0 Å². The Morgan fingerprint density at radius 2 is 1.51 bits per heavy atom. The van der Waals surface area contributed by atoms with Crippen molar-refractivity contribution >= 4 is 38.5 Å². The van der Waals surface area contributed by atoms with E-state index in [0.717, 1.165) is 63.0 Å². The number of halogens is 1. The highest BCUT2D eigenvalue weighted by Crippen LogP contribution is 2.13. The van der Waals surface area contributed by atoms with Crippen LogP contribution >= 0.6 is 20.5 Å². The van der Waals surface area contributed by atoms with E-state index in [1.807, 2.05) is 44.0 Å². The average molecular weight is 752 g/mol. The molecule has 0 radical (unpaired) electrons. The van der Waals surface area contributed by atoms with Crippen LogP contribution < -0.4 is 27.4 Å². The zero-order chi connectivity index (χ0) is 40.1. The number of nitrogens with two attached hydrogens (primary N) is 2. The topological polar surface area (TPSA) is 129 Å². The second-order valence-electron chi connectivity index (χ2n) is 11.5. The van der Waals surface area contributed by atoms with Gasteiger partial charge < -0.3 is 27.4 Å². The van der Waals surface area contributed by atoms with Gasteiger partial charge in [0.15, 0.2) is 0 Å². The third kappa shape index (κ3) is 49.5. The van der Waals surface area contributed by atoms with Crippen molar-refractivity contribution < 1.29 is 4.79 Å². The van der Waals surface area contributed by atoms with Crippen LogP contribution in [0.1, 0.15) is 130 Å². The van der Waals surface area contributed by atoms with Gasteiger partial charge in [-0.15, -0.1) is 8.86 Å². The number of aryl methyl sites for hydroxylation is 3. The number of benzene rings is 2. The van der Waals surface area contributed by atoms with E-state index in [1.54, 1.807) is 0 Å². The summed E-state index contributed by atoms with van der Waals surface area (Å²) in [6.07, 6.45) is 15.1. The molecule has 7 nitrogen and oxygen atoms in total. The summed E-state index contributed by atoms with van der Waals surface area (Å²) < 4.78 is 0. The van der Waals surface area contributed by atoms with Gasteiger partial charge >= 0.3 is 0 Å². The van der Waals surface area contributed by atoms with E-state index >= 15 is 0 Å². The van der Waals surface area contributed by atoms with Gasteiger partial charge in [-0.05, 0) is 101 Å². The lowest BCUT2D eigenvalue weighted by Gasteiger charge is -2.07. The molecule has 9 heteroatoms. The van der Waals surface area contributed by atoms with Crippen molar-refractivity contribution in [2.75, 3.05) is 27.2 Å². The number of rotatable bonds is 17. The summed E-state index contributed by atoms with van der Waals surface area (Å²) in [6, 6.07) is 16.8. The Kier molecular flexibility index (Phi) is 55.8. The van der Waals surface area contributed by atoms with Crippen LogP contribution in [0.4, 0.5) is 0 Å². The van der Waals surface area contributed by atoms with Gasteiger partial charge in [-0.3, -0.25) is 10.2 Å². The predicted molar refractivity (Wildman–Crippen MR) is 236 cm³/mol. The molecule has 0 aromatic heterocycles. The highest BCUT2D eigenvalue weighted by molar-refractivity contribution is 7.18. The highest BCUT2D eigenvalue weighted by atomic mass is 35.5. The zero-order valence-electron chi connectivity index (χ0n) is 34.6. The molecule has 2 aromatic carbocycles. The van der Waals surface area contributed by atoms with Crippen molar-refractivity contribution in [3.63, 3.8) is 0 Å². The maximum atomic E-state index is 10.1. The normalized spacial score (nSPS) is 9.94. The summed E-state index contributed by atoms with van der Waals surface area (Å²) in [5, 5.41) is 16.8. The standard InChI is InChI=1S/C13H19NO.C8H16NP.C7H7Cl.C6H15N3.C4H10.C3H8.CH5N/c1-2-6-12-7-3-4-8-13(12)9-5-10-14-11-15;1-3-5-8(4-2)9-6-7-10;1-6-3-2-4-7(8)5-6;1-5(9-2)3-4-6(7)8;1-3-4-2;1-3-2;1-2/h3-4,7-8,11H,2,5-6,9-10H2,1H3,(H,14,15);5,7,9-10H,3-4,6H2,1-2H3;2-5H,1H3;5,9H,3-4H2,1-2H3,(H3,7,8);3-4H2,1-2H3;3H2,1-2H3;2H2,1H3/b;8-5+;;;;;. The minimum Gasteiger partial charge on any atom is -0.388 e. The molecule has 2 rings (SSSR count). The molecule has 8 N–H and O–H groups in total. The van der Waals surface area contributed by atoms with Crippen LogP contribution in [0.2, 0.25) is 5.02 Å². The predicted octanol–water partition coefficient (Wildman–Crippen LogP) is 10.3. The minimum atomic E-state index is 0.275. The van der Waals surface area contributed by atoms with Crippen molar-refractivity contribution in [3.05, 3.63) is 82.0 Å². The number of carbonyl (C=O) groups excluding carboxylic acids is 1. The SMILES string of the molecule is CC/C=C(\CC)NCC=P.CCC.CCCC.CCCc1ccccc1CCCNC=O.CN.CNC(C)CCC(=N)N.Cc1cccc(Cl)c1. The van der Waals surface area contributed by atoms with Crippen molar-refractivity contribution in [2.24, 2.45) is 11.5 Å². The Balaban J connectivity index is -0.000000175. The third-order valence-corrected chi connectivity index (χ3v) is 7.01. The number of nitrogens with one attached hydrogen (secondary N) is 4. The van der Waals surface area contributed by atoms with Crippen LogP contribution in [-0.4, -0.2) is 51.3 Å². The van der Waals surface area contributed by atoms with Crippen molar-refractivity contribution in [3.8, 4) is 0 Å². The van der Waals surface area contributed by atoms with Crippen molar-refractivity contribution in [1.29, 1.82) is 5.41 Å². The molecule has 51 heavy (non-hydrogen) atoms. The number of hydrogen-bond donors (Lipinski definition) is 6. The van der Waals surface area contributed by atoms with Gasteiger partial charge in [0.25, 0.3) is 0 Å². The van der Waals surface area contributed by atoms with Crippen LogP contribution in [-0.2, 0) is 17.6 Å². The van der Waals surface area contributed by atoms with Crippen LogP contribution in [0.15, 0.2) is 60.3 Å². The van der Waals surface area contributed by atoms with Crippen LogP contribution in [0, 0.1) is 12.3 Å². The molecule has 1 unspecified atom stereocenters. The molecule has 0 heterocycles. The Morgan fingerprint density at radius 1 is 0.941 bits per heavy atom. The van der Waals surface area contributed by atoms with E-state index in [2.05, 4.69) is 116 Å². The smallest absolute Gasteiger partial charge is 0.207 e. The average Bonchev–Trinajstić information content (AvgIpc) is 3.13. The lowest BCUT2D eigenvalue weighted by atomic mass is 9.99. The molecule has 0 aliphatic carbocycles. The van der Waals surface area contributed by atoms with E-state index < -0.39 is 0 Å². The van der Waals surface area contributed by atoms with Crippen LogP contribution in [0.5, 0.6) is 0 Å². The molecular weight excluding hydrogens is 671 g/mol. The van der Waals surface area contributed by atoms with E-state index in [-0.39, 0.29) is 5.84 Å². The van der Waals surface area contributed by atoms with E-state index in [4.69, 9.17) is 22.7 Å². The fraction of sp³-hybridized carbons (Fsp3) is 0.595. The molecular formula is C42H80ClN6OP. The largest absolute Gasteiger partial charge is 0.388 e. The molecule has 0 bridgehead atoms. The lowest BCUT2D eigenvalue weighted by Crippen LogP contribution is -2.23. The number of unbranched alkanes of at least 4 members (excludes halogenated alkanes) is 1. The van der Waals surface area contributed by atoms with Gasteiger partial charge in [-0.25, -0.2) is 0 Å². The Morgan fingerprint density at radius 3 is 1.88 bits per heavy atom. The quantitative estimate of drug-likeness (QED) is 0.0315. The summed E-state index contributed by atoms with van der Waals surface area (Å²) in [6.45, 7) is 20.9. The van der Waals surface area contributed by atoms with Gasteiger partial charge in [0.1, 0.15) is 0 Å². The molecule has 2 aromatic rings. The molecule has 0 aliphatic heterocycles. The van der Waals surface area contributed by atoms with E-state index in [1.165, 1.54) is 55.1 Å². The number of hydrogen-bond acceptors (Lipinski definition) is 5. The summed E-state index contributed by atoms with van der Waals surface area (Å²) in [5.74, 6) is 2.20. The first-order chi connectivity index (χ1) is 24.5. The van der Waals surface area contributed by atoms with Crippen molar-refractivity contribution in [2.45, 2.75) is 139 Å². The molecule has 0 spiro atoms. The molecule has 0 saturated carbocycles. The second-order valence-corrected chi connectivity index (χ2v) is 12.4. The van der Waals surface area contributed by atoms with Gasteiger partial charge in [0, 0.05) is 36.3 Å². The van der Waals surface area contributed by atoms with Gasteiger partial charge in [0.2, 0.25) is 6.41 Å². The number of allylic oxidation sites excluding steroid dienone is 2. The minimum absolute atomic E-state index is 0.275.